The van der Waals surface area contributed by atoms with E-state index in [1.807, 2.05) is 6.07 Å². The third kappa shape index (κ3) is 5.66. The highest BCUT2D eigenvalue weighted by Crippen LogP contribution is 2.56. The van der Waals surface area contributed by atoms with Crippen LogP contribution < -0.4 is 9.80 Å². The van der Waals surface area contributed by atoms with E-state index in [0.717, 1.165) is 50.4 Å². The van der Waals surface area contributed by atoms with Gasteiger partial charge in [0.15, 0.2) is 5.58 Å². The molecule has 3 heteroatoms. The van der Waals surface area contributed by atoms with Crippen molar-refractivity contribution in [3.8, 4) is 22.3 Å². The van der Waals surface area contributed by atoms with E-state index in [9.17, 15) is 0 Å². The second-order valence-corrected chi connectivity index (χ2v) is 16.9. The molecule has 0 spiro atoms. The van der Waals surface area contributed by atoms with Gasteiger partial charge in [-0.15, -0.1) is 0 Å². The summed E-state index contributed by atoms with van der Waals surface area (Å²) in [5.41, 5.74) is 15.3. The van der Waals surface area contributed by atoms with Gasteiger partial charge >= 0.3 is 0 Å². The SMILES string of the molecule is CC1(C)c2ccccc2N(c2c(-c3ccc4ccccc4c3)ccc3ccccc23)c2cc(N(c3ccc(-c4ccccc4)cc3)c3cccc4c3oc3ccccc34)ccc21. The quantitative estimate of drug-likeness (QED) is 0.167. The number of furan rings is 1. The van der Waals surface area contributed by atoms with Gasteiger partial charge in [0.25, 0.3) is 0 Å². The lowest BCUT2D eigenvalue weighted by atomic mass is 9.73. The van der Waals surface area contributed by atoms with Crippen LogP contribution in [0.2, 0.25) is 0 Å². The van der Waals surface area contributed by atoms with Crippen LogP contribution in [0.15, 0.2) is 223 Å². The van der Waals surface area contributed by atoms with Crippen LogP contribution in [-0.4, -0.2) is 0 Å². The van der Waals surface area contributed by atoms with Gasteiger partial charge < -0.3 is 14.2 Å². The molecule has 0 aliphatic carbocycles. The summed E-state index contributed by atoms with van der Waals surface area (Å²) in [5.74, 6) is 0. The average Bonchev–Trinajstić information content (AvgIpc) is 3.72. The Morgan fingerprint density at radius 2 is 1.05 bits per heavy atom. The Kier molecular flexibility index (Phi) is 8.20. The smallest absolute Gasteiger partial charge is 0.159 e. The van der Waals surface area contributed by atoms with Crippen molar-refractivity contribution in [2.75, 3.05) is 9.80 Å². The van der Waals surface area contributed by atoms with Crippen LogP contribution in [0, 0.1) is 0 Å². The van der Waals surface area contributed by atoms with E-state index in [4.69, 9.17) is 4.42 Å². The summed E-state index contributed by atoms with van der Waals surface area (Å²) in [4.78, 5) is 4.92. The van der Waals surface area contributed by atoms with E-state index in [1.54, 1.807) is 0 Å². The van der Waals surface area contributed by atoms with E-state index in [0.29, 0.717) is 0 Å². The van der Waals surface area contributed by atoms with E-state index in [2.05, 4.69) is 236 Å². The highest BCUT2D eigenvalue weighted by Gasteiger charge is 2.38. The Morgan fingerprint density at radius 3 is 1.90 bits per heavy atom. The molecule has 294 valence electrons. The number of fused-ring (bicyclic) bond motifs is 7. The first kappa shape index (κ1) is 36.0. The van der Waals surface area contributed by atoms with Crippen molar-refractivity contribution in [3.63, 3.8) is 0 Å². The van der Waals surface area contributed by atoms with Gasteiger partial charge in [0.05, 0.1) is 22.7 Å². The fourth-order valence-electron chi connectivity index (χ4n) is 9.94. The van der Waals surface area contributed by atoms with Crippen molar-refractivity contribution < 1.29 is 4.42 Å². The number of hydrogen-bond donors (Lipinski definition) is 0. The summed E-state index contributed by atoms with van der Waals surface area (Å²) in [5, 5.41) is 7.05. The molecule has 1 aromatic heterocycles. The number of hydrogen-bond acceptors (Lipinski definition) is 3. The maximum absolute atomic E-state index is 6.77. The molecular formula is C59H42N2O. The fraction of sp³-hybridized carbons (Fsp3) is 0.0508. The van der Waals surface area contributed by atoms with Crippen molar-refractivity contribution in [1.82, 2.24) is 0 Å². The lowest BCUT2D eigenvalue weighted by Crippen LogP contribution is -2.31. The van der Waals surface area contributed by atoms with Gasteiger partial charge in [-0.1, -0.05) is 184 Å². The van der Waals surface area contributed by atoms with Crippen LogP contribution in [0.4, 0.5) is 34.1 Å². The van der Waals surface area contributed by atoms with Gasteiger partial charge in [0.1, 0.15) is 5.58 Å². The Hall–Kier alpha value is -7.88. The molecule has 11 aromatic rings. The largest absolute Gasteiger partial charge is 0.454 e. The highest BCUT2D eigenvalue weighted by atomic mass is 16.3. The Labute approximate surface area is 361 Å². The molecule has 0 atom stereocenters. The minimum absolute atomic E-state index is 0.282. The van der Waals surface area contributed by atoms with Crippen LogP contribution in [0.3, 0.4) is 0 Å². The maximum Gasteiger partial charge on any atom is 0.159 e. The van der Waals surface area contributed by atoms with Gasteiger partial charge in [0.2, 0.25) is 0 Å². The number of para-hydroxylation sites is 3. The van der Waals surface area contributed by atoms with Crippen molar-refractivity contribution in [2.24, 2.45) is 0 Å². The Morgan fingerprint density at radius 1 is 0.419 bits per heavy atom. The molecule has 0 radical (unpaired) electrons. The first-order chi connectivity index (χ1) is 30.5. The number of benzene rings is 10. The Bertz CT molecular complexity index is 3510. The second kappa shape index (κ2) is 14.1. The zero-order valence-electron chi connectivity index (χ0n) is 34.6. The minimum Gasteiger partial charge on any atom is -0.454 e. The van der Waals surface area contributed by atoms with Crippen molar-refractivity contribution in [1.29, 1.82) is 0 Å². The lowest BCUT2D eigenvalue weighted by molar-refractivity contribution is 0.632. The molecule has 1 aliphatic heterocycles. The molecule has 0 bridgehead atoms. The number of rotatable bonds is 6. The van der Waals surface area contributed by atoms with Crippen molar-refractivity contribution >= 4 is 77.6 Å². The third-order valence-corrected chi connectivity index (χ3v) is 13.0. The van der Waals surface area contributed by atoms with E-state index >= 15 is 0 Å². The third-order valence-electron chi connectivity index (χ3n) is 13.0. The monoisotopic (exact) mass is 794 g/mol. The molecule has 0 unspecified atom stereocenters. The number of anilines is 6. The van der Waals surface area contributed by atoms with Crippen molar-refractivity contribution in [3.05, 3.63) is 230 Å². The Balaban J connectivity index is 1.13. The van der Waals surface area contributed by atoms with Crippen LogP contribution in [-0.2, 0) is 5.41 Å². The average molecular weight is 795 g/mol. The van der Waals surface area contributed by atoms with Crippen LogP contribution in [0.5, 0.6) is 0 Å². The van der Waals surface area contributed by atoms with Crippen LogP contribution in [0.1, 0.15) is 25.0 Å². The summed E-state index contributed by atoms with van der Waals surface area (Å²) in [6, 6.07) is 79.3. The fourth-order valence-corrected chi connectivity index (χ4v) is 9.94. The lowest BCUT2D eigenvalue weighted by Gasteiger charge is -2.43. The topological polar surface area (TPSA) is 19.6 Å². The van der Waals surface area contributed by atoms with Gasteiger partial charge in [-0.05, 0) is 92.5 Å². The minimum atomic E-state index is -0.282. The predicted octanol–water partition coefficient (Wildman–Crippen LogP) is 16.8. The molecule has 2 heterocycles. The van der Waals surface area contributed by atoms with Gasteiger partial charge in [-0.25, -0.2) is 0 Å². The van der Waals surface area contributed by atoms with Crippen LogP contribution in [0.25, 0.3) is 65.7 Å². The van der Waals surface area contributed by atoms with Gasteiger partial charge in [-0.2, -0.15) is 0 Å². The van der Waals surface area contributed by atoms with E-state index < -0.39 is 0 Å². The molecule has 3 nitrogen and oxygen atoms in total. The maximum atomic E-state index is 6.77. The molecule has 0 fully saturated rings. The molecule has 12 rings (SSSR count). The van der Waals surface area contributed by atoms with Crippen LogP contribution >= 0.6 is 0 Å². The highest BCUT2D eigenvalue weighted by molar-refractivity contribution is 6.11. The van der Waals surface area contributed by atoms with E-state index in [-0.39, 0.29) is 5.41 Å². The normalized spacial score (nSPS) is 13.1. The first-order valence-electron chi connectivity index (χ1n) is 21.4. The van der Waals surface area contributed by atoms with Gasteiger partial charge in [0, 0.05) is 38.5 Å². The van der Waals surface area contributed by atoms with E-state index in [1.165, 1.54) is 60.6 Å². The van der Waals surface area contributed by atoms with Gasteiger partial charge in [-0.3, -0.25) is 0 Å². The summed E-state index contributed by atoms with van der Waals surface area (Å²) in [6.45, 7) is 4.73. The molecule has 1 aliphatic rings. The standard InChI is InChI=1S/C59H42N2O/c1-59(2)51-23-11-12-24-53(51)61(57-47-20-9-8-18-42(47)31-35-48(57)44-28-27-40-17-6-7-19-43(40)37-44)55-38-46(34-36-52(55)59)60(45-32-29-41(30-33-45)39-15-4-3-5-16-39)54-25-14-22-50-49-21-10-13-26-56(49)62-58(50)54/h3-38H,1-2H3. The second-order valence-electron chi connectivity index (χ2n) is 16.9. The zero-order valence-corrected chi connectivity index (χ0v) is 34.6. The molecule has 0 N–H and O–H groups in total. The predicted molar refractivity (Wildman–Crippen MR) is 261 cm³/mol. The molecular weight excluding hydrogens is 753 g/mol. The summed E-state index contributed by atoms with van der Waals surface area (Å²) < 4.78 is 6.77. The molecule has 0 saturated carbocycles. The molecule has 0 saturated heterocycles. The summed E-state index contributed by atoms with van der Waals surface area (Å²) in [6.07, 6.45) is 0. The summed E-state index contributed by atoms with van der Waals surface area (Å²) in [7, 11) is 0. The molecule has 10 aromatic carbocycles. The zero-order chi connectivity index (χ0) is 41.4. The number of nitrogens with zero attached hydrogens (tertiary/aromatic N) is 2. The van der Waals surface area contributed by atoms with Crippen molar-refractivity contribution in [2.45, 2.75) is 19.3 Å². The summed E-state index contributed by atoms with van der Waals surface area (Å²) >= 11 is 0. The molecule has 62 heavy (non-hydrogen) atoms. The first-order valence-corrected chi connectivity index (χ1v) is 21.4. The molecule has 0 amide bonds.